The summed E-state index contributed by atoms with van der Waals surface area (Å²) in [7, 11) is 0. The molecule has 1 rings (SSSR count). The minimum Gasteiger partial charge on any atom is -0.396 e. The molecule has 0 spiro atoms. The van der Waals surface area contributed by atoms with Gasteiger partial charge in [-0.15, -0.1) is 0 Å². The van der Waals surface area contributed by atoms with E-state index in [0.717, 1.165) is 12.8 Å². The minimum atomic E-state index is -0.379. The van der Waals surface area contributed by atoms with Gasteiger partial charge in [-0.05, 0) is 24.7 Å². The molecular weight excluding hydrogens is 192 g/mol. The van der Waals surface area contributed by atoms with E-state index < -0.39 is 0 Å². The van der Waals surface area contributed by atoms with Crippen LogP contribution in [0.25, 0.3) is 0 Å². The summed E-state index contributed by atoms with van der Waals surface area (Å²) in [5.41, 5.74) is -0.379. The van der Waals surface area contributed by atoms with E-state index in [9.17, 15) is 15.0 Å². The number of aliphatic hydroxyl groups is 2. The Balaban J connectivity index is 2.83. The van der Waals surface area contributed by atoms with E-state index in [-0.39, 0.29) is 42.2 Å². The van der Waals surface area contributed by atoms with Crippen LogP contribution in [0.1, 0.15) is 33.6 Å². The van der Waals surface area contributed by atoms with Gasteiger partial charge in [-0.1, -0.05) is 20.8 Å². The van der Waals surface area contributed by atoms with Gasteiger partial charge in [-0.25, -0.2) is 0 Å². The van der Waals surface area contributed by atoms with Crippen LogP contribution in [0.4, 0.5) is 0 Å². The molecule has 3 heteroatoms. The lowest BCUT2D eigenvalue weighted by molar-refractivity contribution is -0.134. The molecule has 0 saturated heterocycles. The van der Waals surface area contributed by atoms with Crippen molar-refractivity contribution in [3.63, 3.8) is 0 Å². The maximum atomic E-state index is 12.2. The number of rotatable bonds is 3. The summed E-state index contributed by atoms with van der Waals surface area (Å²) >= 11 is 0. The monoisotopic (exact) mass is 214 g/mol. The number of Topliss-reactive ketones (excluding diaryl/α,β-unsaturated/α-hetero) is 1. The fourth-order valence-electron chi connectivity index (χ4n) is 2.51. The van der Waals surface area contributed by atoms with Crippen molar-refractivity contribution in [1.82, 2.24) is 0 Å². The van der Waals surface area contributed by atoms with Crippen LogP contribution in [0.2, 0.25) is 0 Å². The summed E-state index contributed by atoms with van der Waals surface area (Å²) in [6.07, 6.45) is 1.71. The topological polar surface area (TPSA) is 57.5 Å². The first-order valence-corrected chi connectivity index (χ1v) is 5.67. The van der Waals surface area contributed by atoms with Gasteiger partial charge in [0, 0.05) is 24.5 Å². The van der Waals surface area contributed by atoms with Crippen molar-refractivity contribution in [2.45, 2.75) is 33.6 Å². The molecule has 1 aliphatic carbocycles. The molecule has 1 aliphatic rings. The van der Waals surface area contributed by atoms with Crippen molar-refractivity contribution in [2.24, 2.45) is 23.2 Å². The Morgan fingerprint density at radius 3 is 1.80 bits per heavy atom. The summed E-state index contributed by atoms with van der Waals surface area (Å²) in [6, 6.07) is 0. The molecule has 15 heavy (non-hydrogen) atoms. The Morgan fingerprint density at radius 2 is 1.53 bits per heavy atom. The van der Waals surface area contributed by atoms with Gasteiger partial charge < -0.3 is 10.2 Å². The predicted octanol–water partition coefficient (Wildman–Crippen LogP) is 1.23. The largest absolute Gasteiger partial charge is 0.396 e. The lowest BCUT2D eigenvalue weighted by Gasteiger charge is -2.28. The second kappa shape index (κ2) is 4.62. The third kappa shape index (κ3) is 2.58. The number of ketones is 1. The zero-order valence-electron chi connectivity index (χ0n) is 9.86. The van der Waals surface area contributed by atoms with Crippen molar-refractivity contribution in [1.29, 1.82) is 0 Å². The number of hydrogen-bond donors (Lipinski definition) is 2. The van der Waals surface area contributed by atoms with E-state index in [0.29, 0.717) is 0 Å². The molecule has 0 aromatic rings. The SMILES string of the molecule is CC(C)(C)C(=O)C1[C@H](CO)CC[C@H]1CO. The van der Waals surface area contributed by atoms with Gasteiger partial charge in [0.25, 0.3) is 0 Å². The molecule has 0 aromatic heterocycles. The molecule has 0 amide bonds. The summed E-state index contributed by atoms with van der Waals surface area (Å²) < 4.78 is 0. The molecule has 0 radical (unpaired) electrons. The smallest absolute Gasteiger partial charge is 0.141 e. The zero-order chi connectivity index (χ0) is 11.6. The molecule has 0 bridgehead atoms. The van der Waals surface area contributed by atoms with Gasteiger partial charge in [0.1, 0.15) is 5.78 Å². The van der Waals surface area contributed by atoms with Crippen molar-refractivity contribution < 1.29 is 15.0 Å². The fourth-order valence-corrected chi connectivity index (χ4v) is 2.51. The highest BCUT2D eigenvalue weighted by Gasteiger charge is 2.43. The van der Waals surface area contributed by atoms with Crippen LogP contribution in [-0.4, -0.2) is 29.2 Å². The molecule has 3 nitrogen and oxygen atoms in total. The lowest BCUT2D eigenvalue weighted by Crippen LogP contribution is -2.36. The minimum absolute atomic E-state index is 0.0499. The van der Waals surface area contributed by atoms with Crippen LogP contribution in [0.15, 0.2) is 0 Å². The van der Waals surface area contributed by atoms with Crippen molar-refractivity contribution in [3.05, 3.63) is 0 Å². The number of carbonyl (C=O) groups excluding carboxylic acids is 1. The highest BCUT2D eigenvalue weighted by atomic mass is 16.3. The number of hydrogen-bond acceptors (Lipinski definition) is 3. The van der Waals surface area contributed by atoms with E-state index in [4.69, 9.17) is 0 Å². The van der Waals surface area contributed by atoms with Gasteiger partial charge in [0.15, 0.2) is 0 Å². The summed E-state index contributed by atoms with van der Waals surface area (Å²) in [6.45, 7) is 5.82. The maximum Gasteiger partial charge on any atom is 0.141 e. The molecular formula is C12H22O3. The van der Waals surface area contributed by atoms with Crippen LogP contribution >= 0.6 is 0 Å². The second-order valence-electron chi connectivity index (χ2n) is 5.60. The Morgan fingerprint density at radius 1 is 1.13 bits per heavy atom. The molecule has 1 saturated carbocycles. The van der Waals surface area contributed by atoms with E-state index in [1.54, 1.807) is 0 Å². The molecule has 0 aliphatic heterocycles. The Bertz CT molecular complexity index is 218. The van der Waals surface area contributed by atoms with Gasteiger partial charge in [0.05, 0.1) is 0 Å². The highest BCUT2D eigenvalue weighted by Crippen LogP contribution is 2.40. The van der Waals surface area contributed by atoms with E-state index in [1.807, 2.05) is 20.8 Å². The summed E-state index contributed by atoms with van der Waals surface area (Å²) in [4.78, 5) is 12.2. The van der Waals surface area contributed by atoms with Gasteiger partial charge in [-0.2, -0.15) is 0 Å². The number of aliphatic hydroxyl groups excluding tert-OH is 2. The van der Waals surface area contributed by atoms with Crippen LogP contribution < -0.4 is 0 Å². The maximum absolute atomic E-state index is 12.2. The normalized spacial score (nSPS) is 28.3. The molecule has 2 N–H and O–H groups in total. The molecule has 0 heterocycles. The van der Waals surface area contributed by atoms with Crippen molar-refractivity contribution >= 4 is 5.78 Å². The summed E-state index contributed by atoms with van der Waals surface area (Å²) in [5.74, 6) is 0.126. The summed E-state index contributed by atoms with van der Waals surface area (Å²) in [5, 5.41) is 18.5. The third-order valence-corrected chi connectivity index (χ3v) is 3.43. The first-order chi connectivity index (χ1) is 6.91. The van der Waals surface area contributed by atoms with Gasteiger partial charge >= 0.3 is 0 Å². The Kier molecular flexibility index (Phi) is 3.90. The fraction of sp³-hybridized carbons (Fsp3) is 0.917. The average Bonchev–Trinajstić information content (AvgIpc) is 2.57. The van der Waals surface area contributed by atoms with Crippen LogP contribution in [0.5, 0.6) is 0 Å². The van der Waals surface area contributed by atoms with Gasteiger partial charge in [0.2, 0.25) is 0 Å². The molecule has 0 aromatic carbocycles. The highest BCUT2D eigenvalue weighted by molar-refractivity contribution is 5.86. The Labute approximate surface area is 91.5 Å². The standard InChI is InChI=1S/C12H22O3/c1-12(2,3)11(15)10-8(6-13)4-5-9(10)7-14/h8-10,13-14H,4-7H2,1-3H3/t8-,9-/m0/s1. The van der Waals surface area contributed by atoms with E-state index in [2.05, 4.69) is 0 Å². The average molecular weight is 214 g/mol. The first kappa shape index (κ1) is 12.7. The van der Waals surface area contributed by atoms with Crippen molar-refractivity contribution in [2.75, 3.05) is 13.2 Å². The van der Waals surface area contributed by atoms with Crippen LogP contribution in [0.3, 0.4) is 0 Å². The van der Waals surface area contributed by atoms with Crippen LogP contribution in [0, 0.1) is 23.2 Å². The molecule has 0 unspecified atom stereocenters. The lowest BCUT2D eigenvalue weighted by atomic mass is 9.75. The van der Waals surface area contributed by atoms with Crippen molar-refractivity contribution in [3.8, 4) is 0 Å². The molecule has 88 valence electrons. The Hall–Kier alpha value is -0.410. The first-order valence-electron chi connectivity index (χ1n) is 5.67. The van der Waals surface area contributed by atoms with E-state index >= 15 is 0 Å². The van der Waals surface area contributed by atoms with E-state index in [1.165, 1.54) is 0 Å². The second-order valence-corrected chi connectivity index (χ2v) is 5.60. The third-order valence-electron chi connectivity index (χ3n) is 3.43. The molecule has 2 atom stereocenters. The van der Waals surface area contributed by atoms with Gasteiger partial charge in [-0.3, -0.25) is 4.79 Å². The molecule has 1 fully saturated rings. The zero-order valence-corrected chi connectivity index (χ0v) is 9.86. The predicted molar refractivity (Wildman–Crippen MR) is 58.3 cm³/mol. The quantitative estimate of drug-likeness (QED) is 0.743. The number of carbonyl (C=O) groups is 1. The van der Waals surface area contributed by atoms with Crippen LogP contribution in [-0.2, 0) is 4.79 Å².